The summed E-state index contributed by atoms with van der Waals surface area (Å²) in [6.45, 7) is 0. The molecule has 1 amide bonds. The molecule has 0 unspecified atom stereocenters. The summed E-state index contributed by atoms with van der Waals surface area (Å²) in [4.78, 5) is 34.9. The summed E-state index contributed by atoms with van der Waals surface area (Å²) < 4.78 is 14.3. The zero-order valence-corrected chi connectivity index (χ0v) is 9.83. The van der Waals surface area contributed by atoms with Gasteiger partial charge in [0.05, 0.1) is 5.69 Å². The first-order valence-electron chi connectivity index (χ1n) is 5.18. The highest BCUT2D eigenvalue weighted by Crippen LogP contribution is 2.04. The normalized spacial score (nSPS) is 10.4. The van der Waals surface area contributed by atoms with E-state index in [-0.39, 0.29) is 5.69 Å². The minimum Gasteiger partial charge on any atom is -0.364 e. The Kier molecular flexibility index (Phi) is 2.99. The van der Waals surface area contributed by atoms with Crippen molar-refractivity contribution in [2.45, 2.75) is 0 Å². The molecule has 19 heavy (non-hydrogen) atoms. The van der Waals surface area contributed by atoms with Crippen LogP contribution in [-0.2, 0) is 7.05 Å². The summed E-state index contributed by atoms with van der Waals surface area (Å²) in [6, 6.07) is 4.66. The van der Waals surface area contributed by atoms with E-state index in [0.29, 0.717) is 4.57 Å². The van der Waals surface area contributed by atoms with Gasteiger partial charge in [0.1, 0.15) is 5.82 Å². The standard InChI is InChI=1S/C11H9FN4O3/c1-15-11(19)16(7-4-2-6(12)3-5-7)10(18)8(14-15)9(13)17/h2-5H,1H3,(H2,13,17). The zero-order chi connectivity index (χ0) is 14.2. The van der Waals surface area contributed by atoms with Crippen LogP contribution in [0.25, 0.3) is 5.69 Å². The van der Waals surface area contributed by atoms with Crippen molar-refractivity contribution in [1.82, 2.24) is 14.3 Å². The third kappa shape index (κ3) is 2.15. The van der Waals surface area contributed by atoms with Gasteiger partial charge in [0.15, 0.2) is 0 Å². The number of amides is 1. The SMILES string of the molecule is Cn1nc(C(N)=O)c(=O)n(-c2ccc(F)cc2)c1=O. The Hall–Kier alpha value is -2.77. The van der Waals surface area contributed by atoms with E-state index in [2.05, 4.69) is 5.10 Å². The average molecular weight is 264 g/mol. The molecule has 0 spiro atoms. The molecule has 2 N–H and O–H groups in total. The Bertz CT molecular complexity index is 761. The first kappa shape index (κ1) is 12.7. The van der Waals surface area contributed by atoms with Gasteiger partial charge in [-0.05, 0) is 24.3 Å². The molecule has 0 saturated heterocycles. The minimum atomic E-state index is -1.04. The molecular weight excluding hydrogens is 255 g/mol. The Morgan fingerprint density at radius 2 is 1.84 bits per heavy atom. The molecule has 0 atom stereocenters. The van der Waals surface area contributed by atoms with E-state index in [4.69, 9.17) is 5.73 Å². The largest absolute Gasteiger partial charge is 0.364 e. The third-order valence-corrected chi connectivity index (χ3v) is 2.44. The van der Waals surface area contributed by atoms with Gasteiger partial charge in [0, 0.05) is 7.05 Å². The van der Waals surface area contributed by atoms with Crippen LogP contribution >= 0.6 is 0 Å². The van der Waals surface area contributed by atoms with Gasteiger partial charge in [-0.1, -0.05) is 0 Å². The third-order valence-electron chi connectivity index (χ3n) is 2.44. The summed E-state index contributed by atoms with van der Waals surface area (Å²) in [5.74, 6) is -1.56. The van der Waals surface area contributed by atoms with Gasteiger partial charge >= 0.3 is 5.69 Å². The maximum absolute atomic E-state index is 12.8. The molecule has 0 aliphatic rings. The number of rotatable bonds is 2. The summed E-state index contributed by atoms with van der Waals surface area (Å²) in [5, 5.41) is 3.50. The van der Waals surface area contributed by atoms with Crippen LogP contribution < -0.4 is 17.0 Å². The Morgan fingerprint density at radius 1 is 1.26 bits per heavy atom. The maximum atomic E-state index is 12.8. The van der Waals surface area contributed by atoms with E-state index < -0.39 is 28.7 Å². The number of halogens is 1. The molecule has 0 aliphatic carbocycles. The molecule has 0 aliphatic heterocycles. The van der Waals surface area contributed by atoms with Crippen molar-refractivity contribution in [2.75, 3.05) is 0 Å². The molecule has 2 aromatic rings. The monoisotopic (exact) mass is 264 g/mol. The fourth-order valence-electron chi connectivity index (χ4n) is 1.55. The van der Waals surface area contributed by atoms with Crippen molar-refractivity contribution in [3.05, 3.63) is 56.6 Å². The second-order valence-corrected chi connectivity index (χ2v) is 3.74. The van der Waals surface area contributed by atoms with E-state index >= 15 is 0 Å². The lowest BCUT2D eigenvalue weighted by atomic mass is 10.3. The van der Waals surface area contributed by atoms with Crippen molar-refractivity contribution < 1.29 is 9.18 Å². The number of primary amides is 1. The van der Waals surface area contributed by atoms with Crippen molar-refractivity contribution in [3.63, 3.8) is 0 Å². The average Bonchev–Trinajstić information content (AvgIpc) is 2.36. The molecule has 1 heterocycles. The number of benzene rings is 1. The first-order chi connectivity index (χ1) is 8.91. The molecule has 8 heteroatoms. The number of hydrogen-bond donors (Lipinski definition) is 1. The van der Waals surface area contributed by atoms with Gasteiger partial charge in [-0.2, -0.15) is 5.10 Å². The predicted molar refractivity (Wildman–Crippen MR) is 63.6 cm³/mol. The highest BCUT2D eigenvalue weighted by Gasteiger charge is 2.16. The molecule has 1 aromatic heterocycles. The molecule has 0 radical (unpaired) electrons. The van der Waals surface area contributed by atoms with E-state index in [1.807, 2.05) is 0 Å². The highest BCUT2D eigenvalue weighted by atomic mass is 19.1. The molecule has 0 fully saturated rings. The van der Waals surface area contributed by atoms with Gasteiger partial charge in [-0.3, -0.25) is 9.59 Å². The van der Waals surface area contributed by atoms with Crippen molar-refractivity contribution in [1.29, 1.82) is 0 Å². The molecule has 2 rings (SSSR count). The topological polar surface area (TPSA) is 100.0 Å². The fraction of sp³-hybridized carbons (Fsp3) is 0.0909. The van der Waals surface area contributed by atoms with Crippen LogP contribution in [0.5, 0.6) is 0 Å². The molecule has 7 nitrogen and oxygen atoms in total. The fourth-order valence-corrected chi connectivity index (χ4v) is 1.55. The molecule has 0 saturated carbocycles. The summed E-state index contributed by atoms with van der Waals surface area (Å²) in [7, 11) is 1.27. The van der Waals surface area contributed by atoms with Gasteiger partial charge in [-0.25, -0.2) is 18.4 Å². The van der Waals surface area contributed by atoms with Crippen LogP contribution in [0.15, 0.2) is 33.9 Å². The number of nitrogens with zero attached hydrogens (tertiary/aromatic N) is 3. The summed E-state index contributed by atoms with van der Waals surface area (Å²) >= 11 is 0. The van der Waals surface area contributed by atoms with Crippen molar-refractivity contribution in [3.8, 4) is 5.69 Å². The number of hydrogen-bond acceptors (Lipinski definition) is 4. The van der Waals surface area contributed by atoms with E-state index in [1.54, 1.807) is 0 Å². The number of aromatic nitrogens is 3. The number of nitrogens with two attached hydrogens (primary N) is 1. The van der Waals surface area contributed by atoms with E-state index in [0.717, 1.165) is 16.8 Å². The summed E-state index contributed by atoms with van der Waals surface area (Å²) in [6.07, 6.45) is 0. The lowest BCUT2D eigenvalue weighted by Gasteiger charge is -2.07. The van der Waals surface area contributed by atoms with Crippen molar-refractivity contribution in [2.24, 2.45) is 12.8 Å². The van der Waals surface area contributed by atoms with Gasteiger partial charge in [0.25, 0.3) is 11.5 Å². The van der Waals surface area contributed by atoms with Crippen molar-refractivity contribution >= 4 is 5.91 Å². The Balaban J connectivity index is 2.83. The summed E-state index contributed by atoms with van der Waals surface area (Å²) in [5.41, 5.74) is 2.87. The van der Waals surface area contributed by atoms with Crippen LogP contribution in [0.3, 0.4) is 0 Å². The molecule has 0 bridgehead atoms. The van der Waals surface area contributed by atoms with Gasteiger partial charge < -0.3 is 5.73 Å². The maximum Gasteiger partial charge on any atom is 0.351 e. The molecule has 1 aromatic carbocycles. The lowest BCUT2D eigenvalue weighted by molar-refractivity contribution is 0.0991. The second-order valence-electron chi connectivity index (χ2n) is 3.74. The van der Waals surface area contributed by atoms with Crippen LogP contribution in [0.4, 0.5) is 4.39 Å². The number of carbonyl (C=O) groups is 1. The Labute approximate surface area is 105 Å². The predicted octanol–water partition coefficient (Wildman–Crippen LogP) is -0.831. The zero-order valence-electron chi connectivity index (χ0n) is 9.83. The smallest absolute Gasteiger partial charge is 0.351 e. The van der Waals surface area contributed by atoms with Crippen LogP contribution in [-0.4, -0.2) is 20.3 Å². The van der Waals surface area contributed by atoms with E-state index in [1.165, 1.54) is 19.2 Å². The minimum absolute atomic E-state index is 0.122. The first-order valence-corrected chi connectivity index (χ1v) is 5.18. The van der Waals surface area contributed by atoms with Crippen LogP contribution in [0.1, 0.15) is 10.5 Å². The van der Waals surface area contributed by atoms with Gasteiger partial charge in [-0.15, -0.1) is 0 Å². The molecular formula is C11H9FN4O3. The van der Waals surface area contributed by atoms with E-state index in [9.17, 15) is 18.8 Å². The number of aryl methyl sites for hydroxylation is 1. The second kappa shape index (κ2) is 4.48. The number of carbonyl (C=O) groups excluding carboxylic acids is 1. The van der Waals surface area contributed by atoms with Crippen LogP contribution in [0.2, 0.25) is 0 Å². The highest BCUT2D eigenvalue weighted by molar-refractivity contribution is 5.90. The van der Waals surface area contributed by atoms with Crippen LogP contribution in [0, 0.1) is 5.82 Å². The van der Waals surface area contributed by atoms with Gasteiger partial charge in [0.2, 0.25) is 5.69 Å². The Morgan fingerprint density at radius 3 is 2.37 bits per heavy atom. The molecule has 98 valence electrons. The lowest BCUT2D eigenvalue weighted by Crippen LogP contribution is -2.43. The quantitative estimate of drug-likeness (QED) is 0.765.